The van der Waals surface area contributed by atoms with Gasteiger partial charge >= 0.3 is 5.97 Å². The van der Waals surface area contributed by atoms with Crippen LogP contribution in [0.2, 0.25) is 0 Å². The van der Waals surface area contributed by atoms with Gasteiger partial charge in [0.1, 0.15) is 17.5 Å². The summed E-state index contributed by atoms with van der Waals surface area (Å²) in [5.41, 5.74) is -0.569. The Morgan fingerprint density at radius 2 is 1.90 bits per heavy atom. The molecule has 0 radical (unpaired) electrons. The van der Waals surface area contributed by atoms with Gasteiger partial charge in [0, 0.05) is 21.9 Å². The first-order valence-corrected chi connectivity index (χ1v) is 13.6. The Bertz CT molecular complexity index is 659. The van der Waals surface area contributed by atoms with Crippen LogP contribution < -0.4 is 0 Å². The maximum atomic E-state index is 12.1. The summed E-state index contributed by atoms with van der Waals surface area (Å²) in [6.07, 6.45) is 7.20. The van der Waals surface area contributed by atoms with E-state index in [4.69, 9.17) is 16.3 Å². The number of carbonyl (C=O) groups excluding carboxylic acids is 1. The first-order valence-electron chi connectivity index (χ1n) is 11.6. The third-order valence-corrected chi connectivity index (χ3v) is 7.96. The summed E-state index contributed by atoms with van der Waals surface area (Å²) in [6, 6.07) is 0. The highest BCUT2D eigenvalue weighted by atomic mass is 35.5. The van der Waals surface area contributed by atoms with Crippen LogP contribution in [0.5, 0.6) is 0 Å². The lowest BCUT2D eigenvalue weighted by molar-refractivity contribution is -0.151. The summed E-state index contributed by atoms with van der Waals surface area (Å²) in [7, 11) is -1.24. The molecule has 0 spiro atoms. The van der Waals surface area contributed by atoms with E-state index in [1.54, 1.807) is 20.8 Å². The quantitative estimate of drug-likeness (QED) is 0.242. The van der Waals surface area contributed by atoms with Gasteiger partial charge in [0.15, 0.2) is 0 Å². The number of halogens is 1. The zero-order valence-corrected chi connectivity index (χ0v) is 20.7. The largest absolute Gasteiger partial charge is 0.459 e. The fourth-order valence-electron chi connectivity index (χ4n) is 4.59. The highest BCUT2D eigenvalue weighted by molar-refractivity contribution is 7.85. The molecule has 0 saturated heterocycles. The van der Waals surface area contributed by atoms with Crippen molar-refractivity contribution >= 4 is 28.4 Å². The number of ether oxygens (including phenoxy) is 1. The van der Waals surface area contributed by atoms with Gasteiger partial charge in [-0.3, -0.25) is 9.00 Å². The Labute approximate surface area is 195 Å². The molecular formula is C24H39ClO5S. The maximum Gasteiger partial charge on any atom is 0.319 e. The molecule has 6 atom stereocenters. The van der Waals surface area contributed by atoms with E-state index in [2.05, 4.69) is 11.8 Å². The minimum absolute atomic E-state index is 0.0574. The normalized spacial score (nSPS) is 29.1. The Hall–Kier alpha value is -0.610. The predicted molar refractivity (Wildman–Crippen MR) is 125 cm³/mol. The van der Waals surface area contributed by atoms with E-state index in [0.29, 0.717) is 12.2 Å². The number of hydrogen-bond donors (Lipinski definition) is 2. The highest BCUT2D eigenvalue weighted by Gasteiger charge is 2.40. The van der Waals surface area contributed by atoms with Crippen LogP contribution in [0, 0.1) is 29.6 Å². The standard InChI is InChI=1S/C24H39ClO5S/c1-24(2,3)30-23(28)16-31(29)14-8-7-11-18-19(22(27)15-20(18)25)12-13-21(26)17-9-5-4-6-10-17/h17-22,26-27H,4-11,14-16H2,1-3H3/t18-,19-,20-,21?,22-,31?/m1/s1. The molecule has 2 rings (SSSR count). The van der Waals surface area contributed by atoms with Crippen LogP contribution in [0.15, 0.2) is 0 Å². The first-order chi connectivity index (χ1) is 14.6. The van der Waals surface area contributed by atoms with Crippen molar-refractivity contribution in [1.82, 2.24) is 0 Å². The number of aliphatic hydroxyl groups excluding tert-OH is 2. The van der Waals surface area contributed by atoms with Crippen LogP contribution >= 0.6 is 11.6 Å². The van der Waals surface area contributed by atoms with Crippen molar-refractivity contribution in [2.24, 2.45) is 17.8 Å². The molecule has 2 saturated carbocycles. The highest BCUT2D eigenvalue weighted by Crippen LogP contribution is 2.39. The molecule has 2 N–H and O–H groups in total. The Kier molecular flexibility index (Phi) is 10.8. The monoisotopic (exact) mass is 474 g/mol. The maximum absolute atomic E-state index is 12.1. The molecule has 2 aliphatic rings. The summed E-state index contributed by atoms with van der Waals surface area (Å²) in [5, 5.41) is 20.7. The van der Waals surface area contributed by atoms with Gasteiger partial charge in [0.2, 0.25) is 0 Å². The van der Waals surface area contributed by atoms with Gasteiger partial charge in [-0.25, -0.2) is 0 Å². The Balaban J connectivity index is 1.78. The van der Waals surface area contributed by atoms with Crippen LogP contribution in [0.3, 0.4) is 0 Å². The number of carbonyl (C=O) groups is 1. The smallest absolute Gasteiger partial charge is 0.319 e. The van der Waals surface area contributed by atoms with Gasteiger partial charge in [0.25, 0.3) is 0 Å². The van der Waals surface area contributed by atoms with Crippen LogP contribution in [-0.4, -0.2) is 55.1 Å². The van der Waals surface area contributed by atoms with Crippen molar-refractivity contribution in [2.75, 3.05) is 11.5 Å². The van der Waals surface area contributed by atoms with Crippen molar-refractivity contribution in [3.8, 4) is 11.8 Å². The molecule has 0 aliphatic heterocycles. The lowest BCUT2D eigenvalue weighted by Gasteiger charge is -2.24. The third-order valence-electron chi connectivity index (χ3n) is 6.16. The molecule has 0 bridgehead atoms. The average molecular weight is 475 g/mol. The van der Waals surface area contributed by atoms with E-state index >= 15 is 0 Å². The number of unbranched alkanes of at least 4 members (excludes halogenated alkanes) is 1. The molecule has 0 heterocycles. The molecular weight excluding hydrogens is 436 g/mol. The van der Waals surface area contributed by atoms with Gasteiger partial charge in [0.05, 0.1) is 12.0 Å². The van der Waals surface area contributed by atoms with Gasteiger partial charge in [-0.05, 0) is 64.7 Å². The molecule has 5 nitrogen and oxygen atoms in total. The number of rotatable bonds is 8. The van der Waals surface area contributed by atoms with Crippen molar-refractivity contribution < 1.29 is 24.0 Å². The predicted octanol–water partition coefficient (Wildman–Crippen LogP) is 3.80. The zero-order chi connectivity index (χ0) is 23.0. The lowest BCUT2D eigenvalue weighted by atomic mass is 9.84. The summed E-state index contributed by atoms with van der Waals surface area (Å²) < 4.78 is 17.4. The molecule has 0 aromatic rings. The fourth-order valence-corrected chi connectivity index (χ4v) is 6.05. The molecule has 0 amide bonds. The minimum atomic E-state index is -1.24. The van der Waals surface area contributed by atoms with E-state index < -0.39 is 34.6 Å². The van der Waals surface area contributed by atoms with E-state index in [9.17, 15) is 19.2 Å². The summed E-state index contributed by atoms with van der Waals surface area (Å²) >= 11 is 6.49. The van der Waals surface area contributed by atoms with Crippen LogP contribution in [-0.2, 0) is 20.3 Å². The number of aliphatic hydroxyl groups is 2. The molecule has 0 aromatic heterocycles. The average Bonchev–Trinajstić information content (AvgIpc) is 2.95. The second-order valence-electron chi connectivity index (χ2n) is 10.0. The van der Waals surface area contributed by atoms with E-state index in [1.165, 1.54) is 6.42 Å². The van der Waals surface area contributed by atoms with Crippen molar-refractivity contribution in [1.29, 1.82) is 0 Å². The van der Waals surface area contributed by atoms with Crippen molar-refractivity contribution in [3.05, 3.63) is 0 Å². The molecule has 0 aromatic carbocycles. The lowest BCUT2D eigenvalue weighted by Crippen LogP contribution is -2.27. The molecule has 178 valence electrons. The van der Waals surface area contributed by atoms with Gasteiger partial charge in [-0.15, -0.1) is 11.6 Å². The van der Waals surface area contributed by atoms with Crippen LogP contribution in [0.4, 0.5) is 0 Å². The molecule has 2 fully saturated rings. The Morgan fingerprint density at radius 1 is 1.23 bits per heavy atom. The van der Waals surface area contributed by atoms with Gasteiger partial charge in [-0.2, -0.15) is 0 Å². The number of alkyl halides is 1. The number of hydrogen-bond acceptors (Lipinski definition) is 5. The summed E-state index contributed by atoms with van der Waals surface area (Å²) in [5.74, 6) is 6.16. The molecule has 2 aliphatic carbocycles. The van der Waals surface area contributed by atoms with Gasteiger partial charge < -0.3 is 14.9 Å². The van der Waals surface area contributed by atoms with E-state index in [0.717, 1.165) is 44.9 Å². The Morgan fingerprint density at radius 3 is 2.55 bits per heavy atom. The molecule has 31 heavy (non-hydrogen) atoms. The molecule has 2 unspecified atom stereocenters. The van der Waals surface area contributed by atoms with Crippen molar-refractivity contribution in [2.45, 2.75) is 102 Å². The summed E-state index contributed by atoms with van der Waals surface area (Å²) in [4.78, 5) is 11.8. The second kappa shape index (κ2) is 12.6. The number of esters is 1. The SMILES string of the molecule is CC(C)(C)OC(=O)CS(=O)CCCC[C@@H]1[C@@H](C#CC(O)C2CCCCC2)[C@H](O)C[C@H]1Cl. The topological polar surface area (TPSA) is 83.8 Å². The minimum Gasteiger partial charge on any atom is -0.459 e. The third kappa shape index (κ3) is 9.42. The van der Waals surface area contributed by atoms with Crippen LogP contribution in [0.1, 0.15) is 78.6 Å². The first kappa shape index (κ1) is 26.6. The van der Waals surface area contributed by atoms with E-state index in [-0.39, 0.29) is 28.9 Å². The zero-order valence-electron chi connectivity index (χ0n) is 19.1. The van der Waals surface area contributed by atoms with Crippen LogP contribution in [0.25, 0.3) is 0 Å². The molecule has 7 heteroatoms. The fraction of sp³-hybridized carbons (Fsp3) is 0.875. The summed E-state index contributed by atoms with van der Waals surface area (Å²) in [6.45, 7) is 5.37. The second-order valence-corrected chi connectivity index (χ2v) is 12.1. The van der Waals surface area contributed by atoms with Crippen molar-refractivity contribution in [3.63, 3.8) is 0 Å². The van der Waals surface area contributed by atoms with Gasteiger partial charge in [-0.1, -0.05) is 37.5 Å². The van der Waals surface area contributed by atoms with E-state index in [1.807, 2.05) is 0 Å².